The van der Waals surface area contributed by atoms with E-state index in [-0.39, 0.29) is 37.0 Å². The fraction of sp³-hybridized carbons (Fsp3) is 0.524. The molecule has 9 heteroatoms. The number of hydrogen-bond acceptors (Lipinski definition) is 5. The minimum absolute atomic E-state index is 0. The van der Waals surface area contributed by atoms with E-state index in [0.717, 1.165) is 6.42 Å². The lowest BCUT2D eigenvalue weighted by Gasteiger charge is -2.42. The number of pyridine rings is 2. The number of carbonyl (C=O) groups is 1. The maximum absolute atomic E-state index is 12.5. The van der Waals surface area contributed by atoms with Gasteiger partial charge < -0.3 is 23.9 Å². The summed E-state index contributed by atoms with van der Waals surface area (Å²) in [4.78, 5) is 36.8. The zero-order valence-electron chi connectivity index (χ0n) is 18.1. The van der Waals surface area contributed by atoms with E-state index in [2.05, 4.69) is 21.7 Å². The quantitative estimate of drug-likeness (QED) is 0.681. The van der Waals surface area contributed by atoms with Crippen LogP contribution < -0.4 is 10.5 Å². The Morgan fingerprint density at radius 3 is 2.63 bits per heavy atom. The van der Waals surface area contributed by atoms with Crippen molar-refractivity contribution in [1.29, 1.82) is 0 Å². The van der Waals surface area contributed by atoms with E-state index < -0.39 is 5.60 Å². The molecule has 1 saturated heterocycles. The summed E-state index contributed by atoms with van der Waals surface area (Å²) >= 11 is 0. The standard InChI is InChI=1S/C21H27N5O3.H2S/c1-7-14-13-25(20(28)29-21(2,3)4)10-11-26(14)16-12-18(27)24(6)15-8-9-17(22-5)23-19(15)16;/h8-9,12,14H,7,10-11,13H2,1-4,6H3;1H2/t14-;/m0./s1. The van der Waals surface area contributed by atoms with Crippen molar-refractivity contribution in [3.05, 3.63) is 40.0 Å². The molecule has 8 nitrogen and oxygen atoms in total. The van der Waals surface area contributed by atoms with E-state index in [1.54, 1.807) is 30.1 Å². The highest BCUT2D eigenvalue weighted by atomic mass is 32.1. The predicted octanol–water partition coefficient (Wildman–Crippen LogP) is 3.43. The minimum Gasteiger partial charge on any atom is -0.444 e. The van der Waals surface area contributed by atoms with Gasteiger partial charge in [-0.05, 0) is 39.3 Å². The molecule has 0 aliphatic carbocycles. The number of nitrogens with zero attached hydrogens (tertiary/aromatic N) is 5. The van der Waals surface area contributed by atoms with Gasteiger partial charge in [-0.2, -0.15) is 13.5 Å². The molecule has 0 radical (unpaired) electrons. The number of rotatable bonds is 2. The van der Waals surface area contributed by atoms with Crippen LogP contribution in [0.4, 0.5) is 16.3 Å². The Hall–Kier alpha value is -2.73. The van der Waals surface area contributed by atoms with Crippen LogP contribution in [0.2, 0.25) is 0 Å². The SMILES string of the molecule is S.[C-]#[N+]c1ccc2c(n1)c(N1CCN(C(=O)OC(C)(C)C)C[C@@H]1CC)cc(=O)n2C. The summed E-state index contributed by atoms with van der Waals surface area (Å²) in [5, 5.41) is 0. The van der Waals surface area contributed by atoms with Crippen molar-refractivity contribution < 1.29 is 9.53 Å². The molecule has 2 aromatic heterocycles. The highest BCUT2D eigenvalue weighted by Crippen LogP contribution is 2.29. The Kier molecular flexibility index (Phi) is 7.03. The van der Waals surface area contributed by atoms with E-state index in [4.69, 9.17) is 11.3 Å². The van der Waals surface area contributed by atoms with Gasteiger partial charge in [0.1, 0.15) is 5.60 Å². The number of hydrogen-bond donors (Lipinski definition) is 0. The number of fused-ring (bicyclic) bond motifs is 1. The molecule has 0 bridgehead atoms. The summed E-state index contributed by atoms with van der Waals surface area (Å²) in [6.45, 7) is 16.4. The molecular formula is C21H29N5O3S. The fourth-order valence-corrected chi connectivity index (χ4v) is 3.60. The molecule has 0 aromatic carbocycles. The van der Waals surface area contributed by atoms with Crippen LogP contribution in [0.3, 0.4) is 0 Å². The molecule has 2 aromatic rings. The summed E-state index contributed by atoms with van der Waals surface area (Å²) < 4.78 is 7.06. The molecule has 1 fully saturated rings. The predicted molar refractivity (Wildman–Crippen MR) is 123 cm³/mol. The third kappa shape index (κ3) is 4.70. The molecule has 0 N–H and O–H groups in total. The average Bonchev–Trinajstić information content (AvgIpc) is 2.68. The van der Waals surface area contributed by atoms with Gasteiger partial charge in [0.15, 0.2) is 0 Å². The zero-order chi connectivity index (χ0) is 21.3. The summed E-state index contributed by atoms with van der Waals surface area (Å²) in [5.74, 6) is 0.290. The number of aryl methyl sites for hydroxylation is 1. The van der Waals surface area contributed by atoms with Gasteiger partial charge in [0.25, 0.3) is 11.4 Å². The van der Waals surface area contributed by atoms with Crippen molar-refractivity contribution in [2.45, 2.75) is 45.8 Å². The highest BCUT2D eigenvalue weighted by Gasteiger charge is 2.33. The van der Waals surface area contributed by atoms with E-state index in [9.17, 15) is 9.59 Å². The monoisotopic (exact) mass is 431 g/mol. The smallest absolute Gasteiger partial charge is 0.410 e. The summed E-state index contributed by atoms with van der Waals surface area (Å²) in [6, 6.07) is 4.98. The zero-order valence-corrected chi connectivity index (χ0v) is 19.1. The van der Waals surface area contributed by atoms with Gasteiger partial charge in [0.2, 0.25) is 5.52 Å². The molecule has 1 aliphatic rings. The molecule has 1 aliphatic heterocycles. The topological polar surface area (TPSA) is 72.0 Å². The van der Waals surface area contributed by atoms with Crippen molar-refractivity contribution in [2.24, 2.45) is 7.05 Å². The molecule has 0 unspecified atom stereocenters. The molecular weight excluding hydrogens is 402 g/mol. The van der Waals surface area contributed by atoms with Crippen molar-refractivity contribution >= 4 is 42.1 Å². The molecule has 0 spiro atoms. The first-order chi connectivity index (χ1) is 13.6. The van der Waals surface area contributed by atoms with Crippen LogP contribution in [0, 0.1) is 6.57 Å². The van der Waals surface area contributed by atoms with E-state index in [0.29, 0.717) is 36.4 Å². The van der Waals surface area contributed by atoms with Crippen LogP contribution in [0.15, 0.2) is 23.0 Å². The Labute approximate surface area is 183 Å². The van der Waals surface area contributed by atoms with Gasteiger partial charge in [-0.15, -0.1) is 4.98 Å². The lowest BCUT2D eigenvalue weighted by molar-refractivity contribution is 0.0213. The average molecular weight is 432 g/mol. The Bertz CT molecular complexity index is 1040. The summed E-state index contributed by atoms with van der Waals surface area (Å²) in [5.41, 5.74) is 1.35. The third-order valence-electron chi connectivity index (χ3n) is 5.08. The van der Waals surface area contributed by atoms with Gasteiger partial charge in [0.05, 0.1) is 11.2 Å². The highest BCUT2D eigenvalue weighted by molar-refractivity contribution is 7.59. The second kappa shape index (κ2) is 8.96. The molecule has 1 atom stereocenters. The maximum atomic E-state index is 12.5. The van der Waals surface area contributed by atoms with Crippen LogP contribution in [-0.2, 0) is 11.8 Å². The second-order valence-corrected chi connectivity index (χ2v) is 8.26. The summed E-state index contributed by atoms with van der Waals surface area (Å²) in [6.07, 6.45) is 0.469. The van der Waals surface area contributed by atoms with Crippen molar-refractivity contribution in [3.63, 3.8) is 0 Å². The lowest BCUT2D eigenvalue weighted by atomic mass is 10.1. The fourth-order valence-electron chi connectivity index (χ4n) is 3.60. The van der Waals surface area contributed by atoms with Gasteiger partial charge in [-0.3, -0.25) is 4.79 Å². The first kappa shape index (κ1) is 23.5. The van der Waals surface area contributed by atoms with Crippen LogP contribution in [0.25, 0.3) is 15.9 Å². The Morgan fingerprint density at radius 2 is 2.03 bits per heavy atom. The number of amides is 1. The second-order valence-electron chi connectivity index (χ2n) is 8.26. The maximum Gasteiger partial charge on any atom is 0.410 e. The van der Waals surface area contributed by atoms with Crippen LogP contribution in [0.5, 0.6) is 0 Å². The number of piperazine rings is 1. The number of aromatic nitrogens is 2. The third-order valence-corrected chi connectivity index (χ3v) is 5.08. The van der Waals surface area contributed by atoms with Gasteiger partial charge in [-0.1, -0.05) is 13.5 Å². The van der Waals surface area contributed by atoms with Crippen LogP contribution >= 0.6 is 13.5 Å². The lowest BCUT2D eigenvalue weighted by Crippen LogP contribution is -2.55. The Morgan fingerprint density at radius 1 is 1.33 bits per heavy atom. The molecule has 1 amide bonds. The van der Waals surface area contributed by atoms with Gasteiger partial charge >= 0.3 is 6.09 Å². The first-order valence-electron chi connectivity index (χ1n) is 9.77. The van der Waals surface area contributed by atoms with Gasteiger partial charge in [0, 0.05) is 38.8 Å². The van der Waals surface area contributed by atoms with E-state index in [1.165, 1.54) is 4.57 Å². The van der Waals surface area contributed by atoms with Gasteiger partial charge in [-0.25, -0.2) is 4.79 Å². The van der Waals surface area contributed by atoms with Crippen molar-refractivity contribution in [2.75, 3.05) is 24.5 Å². The van der Waals surface area contributed by atoms with Crippen LogP contribution in [0.1, 0.15) is 34.1 Å². The van der Waals surface area contributed by atoms with Crippen LogP contribution in [-0.4, -0.2) is 51.8 Å². The molecule has 3 heterocycles. The number of carbonyl (C=O) groups excluding carboxylic acids is 1. The number of ether oxygens (including phenoxy) is 1. The molecule has 30 heavy (non-hydrogen) atoms. The first-order valence-corrected chi connectivity index (χ1v) is 9.77. The molecule has 3 rings (SSSR count). The van der Waals surface area contributed by atoms with Crippen molar-refractivity contribution in [3.8, 4) is 0 Å². The summed E-state index contributed by atoms with van der Waals surface area (Å²) in [7, 11) is 1.70. The molecule has 0 saturated carbocycles. The van der Waals surface area contributed by atoms with E-state index >= 15 is 0 Å². The normalized spacial score (nSPS) is 16.7. The minimum atomic E-state index is -0.544. The van der Waals surface area contributed by atoms with E-state index in [1.807, 2.05) is 20.8 Å². The molecule has 162 valence electrons. The van der Waals surface area contributed by atoms with Crippen molar-refractivity contribution in [1.82, 2.24) is 14.5 Å². The number of anilines is 1. The Balaban J connectivity index is 0.00000320. The largest absolute Gasteiger partial charge is 0.444 e.